The van der Waals surface area contributed by atoms with Crippen molar-refractivity contribution in [2.45, 2.75) is 117 Å². The van der Waals surface area contributed by atoms with Crippen LogP contribution in [0, 0.1) is 52.3 Å². The van der Waals surface area contributed by atoms with E-state index in [0.29, 0.717) is 52.4 Å². The lowest BCUT2D eigenvalue weighted by atomic mass is 9.43. The monoisotopic (exact) mass is 419 g/mol. The smallest absolute Gasteiger partial charge is 0.0577 e. The van der Waals surface area contributed by atoms with Crippen LogP contribution in [-0.2, 0) is 0 Å². The highest BCUT2D eigenvalue weighted by atomic mass is 16.3. The predicted molar refractivity (Wildman–Crippen MR) is 124 cm³/mol. The third-order valence-corrected chi connectivity index (χ3v) is 11.2. The molecule has 4 aliphatic rings. The van der Waals surface area contributed by atoms with E-state index < -0.39 is 0 Å². The summed E-state index contributed by atoms with van der Waals surface area (Å²) in [7, 11) is 0. The molecule has 4 rings (SSSR count). The van der Waals surface area contributed by atoms with E-state index in [1.165, 1.54) is 38.5 Å². The molecule has 0 aromatic carbocycles. The first-order valence-electron chi connectivity index (χ1n) is 13.2. The lowest BCUT2D eigenvalue weighted by molar-refractivity contribution is -0.166. The van der Waals surface area contributed by atoms with Crippen LogP contribution in [0.15, 0.2) is 0 Å². The first-order chi connectivity index (χ1) is 14.1. The molecule has 0 radical (unpaired) electrons. The lowest BCUT2D eigenvalue weighted by Gasteiger charge is -2.62. The summed E-state index contributed by atoms with van der Waals surface area (Å²) in [6, 6.07) is 0.346. The van der Waals surface area contributed by atoms with E-state index in [0.717, 1.165) is 31.6 Å². The molecule has 0 saturated heterocycles. The third-order valence-electron chi connectivity index (χ3n) is 11.2. The molecule has 11 atom stereocenters. The number of nitrogens with two attached hydrogens (primary N) is 1. The zero-order valence-electron chi connectivity index (χ0n) is 20.3. The molecule has 3 heteroatoms. The highest BCUT2D eigenvalue weighted by Gasteiger charge is 2.62. The zero-order valence-corrected chi connectivity index (χ0v) is 20.3. The largest absolute Gasteiger partial charge is 0.393 e. The predicted octanol–water partition coefficient (Wildman–Crippen LogP) is 5.38. The van der Waals surface area contributed by atoms with Crippen molar-refractivity contribution >= 4 is 0 Å². The molecule has 4 N–H and O–H groups in total. The van der Waals surface area contributed by atoms with Gasteiger partial charge in [0.1, 0.15) is 0 Å². The Labute approximate surface area is 185 Å². The fraction of sp³-hybridized carbons (Fsp3) is 1.00. The number of aliphatic hydroxyl groups excluding tert-OH is 2. The van der Waals surface area contributed by atoms with Crippen LogP contribution in [0.3, 0.4) is 0 Å². The summed E-state index contributed by atoms with van der Waals surface area (Å²) < 4.78 is 0. The Morgan fingerprint density at radius 3 is 2.27 bits per heavy atom. The zero-order chi connectivity index (χ0) is 21.8. The number of aliphatic hydroxyl groups is 2. The Kier molecular flexibility index (Phi) is 6.41. The molecule has 0 aromatic heterocycles. The summed E-state index contributed by atoms with van der Waals surface area (Å²) in [5.41, 5.74) is 7.11. The second-order valence-electron chi connectivity index (χ2n) is 12.9. The number of hydrogen-bond donors (Lipinski definition) is 3. The van der Waals surface area contributed by atoms with Gasteiger partial charge in [-0.05, 0) is 116 Å². The molecule has 0 spiro atoms. The van der Waals surface area contributed by atoms with Crippen LogP contribution in [0.25, 0.3) is 0 Å². The van der Waals surface area contributed by atoms with Gasteiger partial charge in [0.2, 0.25) is 0 Å². The third kappa shape index (κ3) is 3.69. The van der Waals surface area contributed by atoms with E-state index >= 15 is 0 Å². The average Bonchev–Trinajstić information content (AvgIpc) is 3.04. The highest BCUT2D eigenvalue weighted by Crippen LogP contribution is 2.68. The lowest BCUT2D eigenvalue weighted by Crippen LogP contribution is -2.59. The number of fused-ring (bicyclic) bond motifs is 5. The van der Waals surface area contributed by atoms with Crippen molar-refractivity contribution in [3.63, 3.8) is 0 Å². The molecule has 4 fully saturated rings. The fourth-order valence-electron chi connectivity index (χ4n) is 9.20. The molecule has 0 aromatic rings. The molecule has 4 aliphatic carbocycles. The quantitative estimate of drug-likeness (QED) is 0.561. The van der Waals surface area contributed by atoms with Crippen molar-refractivity contribution in [2.75, 3.05) is 0 Å². The van der Waals surface area contributed by atoms with Gasteiger partial charge in [-0.25, -0.2) is 0 Å². The van der Waals surface area contributed by atoms with Crippen LogP contribution < -0.4 is 5.73 Å². The van der Waals surface area contributed by atoms with Gasteiger partial charge in [-0.1, -0.05) is 34.6 Å². The van der Waals surface area contributed by atoms with Gasteiger partial charge >= 0.3 is 0 Å². The SMILES string of the molecule is CC(C)C(O)CCC(C)C1CCC2C3C(O)CC4CC(N)CCC4(C)C3CCC12C. The van der Waals surface area contributed by atoms with Crippen LogP contribution in [-0.4, -0.2) is 28.5 Å². The highest BCUT2D eigenvalue weighted by molar-refractivity contribution is 5.12. The maximum atomic E-state index is 11.4. The summed E-state index contributed by atoms with van der Waals surface area (Å²) in [6.07, 6.45) is 11.6. The molecular formula is C27H49NO2. The minimum Gasteiger partial charge on any atom is -0.393 e. The summed E-state index contributed by atoms with van der Waals surface area (Å²) in [4.78, 5) is 0. The van der Waals surface area contributed by atoms with Gasteiger partial charge in [0.15, 0.2) is 0 Å². The van der Waals surface area contributed by atoms with Crippen LogP contribution in [0.2, 0.25) is 0 Å². The van der Waals surface area contributed by atoms with Crippen molar-refractivity contribution in [2.24, 2.45) is 58.0 Å². The summed E-state index contributed by atoms with van der Waals surface area (Å²) in [5, 5.41) is 21.7. The maximum absolute atomic E-state index is 11.4. The fourth-order valence-corrected chi connectivity index (χ4v) is 9.20. The molecule has 3 nitrogen and oxygen atoms in total. The minimum absolute atomic E-state index is 0.125. The van der Waals surface area contributed by atoms with E-state index in [-0.39, 0.29) is 12.2 Å². The van der Waals surface area contributed by atoms with Crippen molar-refractivity contribution in [3.8, 4) is 0 Å². The van der Waals surface area contributed by atoms with Gasteiger partial charge in [-0.3, -0.25) is 0 Å². The summed E-state index contributed by atoms with van der Waals surface area (Å²) in [6.45, 7) is 11.8. The van der Waals surface area contributed by atoms with Crippen LogP contribution in [0.5, 0.6) is 0 Å². The Hall–Kier alpha value is -0.120. The van der Waals surface area contributed by atoms with E-state index in [9.17, 15) is 10.2 Å². The molecule has 0 bridgehead atoms. The number of hydrogen-bond acceptors (Lipinski definition) is 3. The first kappa shape index (κ1) is 23.1. The molecular weight excluding hydrogens is 370 g/mol. The molecule has 11 unspecified atom stereocenters. The molecule has 174 valence electrons. The van der Waals surface area contributed by atoms with Crippen molar-refractivity contribution < 1.29 is 10.2 Å². The van der Waals surface area contributed by atoms with E-state index in [1.54, 1.807) is 0 Å². The van der Waals surface area contributed by atoms with Gasteiger partial charge < -0.3 is 15.9 Å². The summed E-state index contributed by atoms with van der Waals surface area (Å²) >= 11 is 0. The Morgan fingerprint density at radius 1 is 0.900 bits per heavy atom. The van der Waals surface area contributed by atoms with Crippen molar-refractivity contribution in [1.29, 1.82) is 0 Å². The first-order valence-corrected chi connectivity index (χ1v) is 13.2. The minimum atomic E-state index is -0.164. The second-order valence-corrected chi connectivity index (χ2v) is 12.9. The maximum Gasteiger partial charge on any atom is 0.0577 e. The van der Waals surface area contributed by atoms with Crippen LogP contribution in [0.4, 0.5) is 0 Å². The molecule has 4 saturated carbocycles. The van der Waals surface area contributed by atoms with Gasteiger partial charge in [0.25, 0.3) is 0 Å². The average molecular weight is 420 g/mol. The van der Waals surface area contributed by atoms with E-state index in [4.69, 9.17) is 5.73 Å². The summed E-state index contributed by atoms with van der Waals surface area (Å²) in [5.74, 6) is 4.26. The Balaban J connectivity index is 1.50. The van der Waals surface area contributed by atoms with Gasteiger partial charge in [-0.2, -0.15) is 0 Å². The Bertz CT molecular complexity index is 608. The number of rotatable bonds is 5. The molecule has 0 aliphatic heterocycles. The van der Waals surface area contributed by atoms with Gasteiger partial charge in [-0.15, -0.1) is 0 Å². The normalized spacial score (nSPS) is 50.5. The van der Waals surface area contributed by atoms with E-state index in [2.05, 4.69) is 34.6 Å². The molecule has 0 amide bonds. The van der Waals surface area contributed by atoms with Crippen molar-refractivity contribution in [1.82, 2.24) is 0 Å². The van der Waals surface area contributed by atoms with Crippen LogP contribution >= 0.6 is 0 Å². The second kappa shape index (κ2) is 8.34. The van der Waals surface area contributed by atoms with E-state index in [1.807, 2.05) is 0 Å². The Morgan fingerprint density at radius 2 is 1.57 bits per heavy atom. The molecule has 30 heavy (non-hydrogen) atoms. The van der Waals surface area contributed by atoms with Crippen molar-refractivity contribution in [3.05, 3.63) is 0 Å². The van der Waals surface area contributed by atoms with Gasteiger partial charge in [0.05, 0.1) is 12.2 Å². The standard InChI is InChI=1S/C27H49NO2/c1-16(2)23(29)9-6-17(3)20-7-8-21-25-22(11-13-27(20,21)5)26(4)12-10-19(28)14-18(26)15-24(25)30/h16-25,29-30H,6-15,28H2,1-5H3. The van der Waals surface area contributed by atoms with Gasteiger partial charge in [0, 0.05) is 6.04 Å². The topological polar surface area (TPSA) is 66.5 Å². The molecule has 0 heterocycles. The van der Waals surface area contributed by atoms with Crippen LogP contribution in [0.1, 0.15) is 98.8 Å².